The number of aliphatic carboxylic acids is 1. The van der Waals surface area contributed by atoms with Crippen molar-refractivity contribution in [1.29, 1.82) is 0 Å². The van der Waals surface area contributed by atoms with Gasteiger partial charge < -0.3 is 34.7 Å². The quantitative estimate of drug-likeness (QED) is 0.421. The van der Waals surface area contributed by atoms with Crippen molar-refractivity contribution in [2.45, 2.75) is 69.9 Å². The van der Waals surface area contributed by atoms with Crippen LogP contribution in [0.3, 0.4) is 0 Å². The molecule has 8 heteroatoms. The van der Waals surface area contributed by atoms with Crippen molar-refractivity contribution in [2.24, 2.45) is 0 Å². The molecule has 0 aromatic rings. The van der Waals surface area contributed by atoms with Crippen LogP contribution in [0.1, 0.15) is 33.1 Å². The maximum atomic E-state index is 10.8. The monoisotopic (exact) mass is 300 g/mol. The Kier molecular flexibility index (Phi) is 9.45. The van der Waals surface area contributed by atoms with Gasteiger partial charge in [0.2, 0.25) is 0 Å². The van der Waals surface area contributed by atoms with Gasteiger partial charge in [0.05, 0.1) is 12.1 Å². The molecule has 6 atom stereocenters. The zero-order valence-corrected chi connectivity index (χ0v) is 14.1. The van der Waals surface area contributed by atoms with Crippen molar-refractivity contribution >= 4 is 5.97 Å². The fourth-order valence-corrected chi connectivity index (χ4v) is 1.94. The van der Waals surface area contributed by atoms with Crippen molar-refractivity contribution in [2.75, 3.05) is 0 Å². The predicted molar refractivity (Wildman–Crippen MR) is 61.8 cm³/mol. The summed E-state index contributed by atoms with van der Waals surface area (Å²) in [5.41, 5.74) is 0. The van der Waals surface area contributed by atoms with Crippen molar-refractivity contribution < 1.29 is 64.3 Å². The maximum Gasteiger partial charge on any atom is 1.00 e. The second-order valence-corrected chi connectivity index (χ2v) is 4.80. The third kappa shape index (κ3) is 5.23. The fourth-order valence-electron chi connectivity index (χ4n) is 1.94. The zero-order chi connectivity index (χ0) is 14.6. The van der Waals surface area contributed by atoms with Gasteiger partial charge >= 0.3 is 29.6 Å². The van der Waals surface area contributed by atoms with Gasteiger partial charge in [-0.1, -0.05) is 19.8 Å². The summed E-state index contributed by atoms with van der Waals surface area (Å²) in [7, 11) is 0. The summed E-state index contributed by atoms with van der Waals surface area (Å²) in [4.78, 5) is 10.8. The number of hydrogen-bond donors (Lipinski definition) is 3. The topological polar surface area (TPSA) is 119 Å². The Morgan fingerprint density at radius 1 is 1.30 bits per heavy atom. The van der Waals surface area contributed by atoms with E-state index in [1.54, 1.807) is 6.92 Å². The van der Waals surface area contributed by atoms with Crippen molar-refractivity contribution in [3.05, 3.63) is 0 Å². The van der Waals surface area contributed by atoms with Gasteiger partial charge in [0.1, 0.15) is 24.4 Å². The molecule has 1 aliphatic rings. The van der Waals surface area contributed by atoms with Crippen molar-refractivity contribution in [3.63, 3.8) is 0 Å². The second-order valence-electron chi connectivity index (χ2n) is 4.80. The molecule has 3 N–H and O–H groups in total. The van der Waals surface area contributed by atoms with E-state index >= 15 is 0 Å². The average Bonchev–Trinajstić information content (AvgIpc) is 2.36. The normalized spacial score (nSPS) is 35.1. The van der Waals surface area contributed by atoms with Gasteiger partial charge in [-0.2, -0.15) is 0 Å². The van der Waals surface area contributed by atoms with Gasteiger partial charge in [0.25, 0.3) is 0 Å². The summed E-state index contributed by atoms with van der Waals surface area (Å²) in [5.74, 6) is -1.66. The first kappa shape index (κ1) is 20.3. The molecular weight excluding hydrogens is 279 g/mol. The summed E-state index contributed by atoms with van der Waals surface area (Å²) in [6, 6.07) is 0. The molecule has 7 nitrogen and oxygen atoms in total. The van der Waals surface area contributed by atoms with Crippen LogP contribution in [-0.2, 0) is 14.3 Å². The first-order valence-electron chi connectivity index (χ1n) is 6.44. The summed E-state index contributed by atoms with van der Waals surface area (Å²) < 4.78 is 10.3. The minimum Gasteiger partial charge on any atom is -0.547 e. The van der Waals surface area contributed by atoms with Gasteiger partial charge in [-0.25, -0.2) is 0 Å². The molecule has 0 amide bonds. The third-order valence-electron chi connectivity index (χ3n) is 3.13. The third-order valence-corrected chi connectivity index (χ3v) is 3.13. The molecule has 0 aromatic heterocycles. The molecule has 1 rings (SSSR count). The number of rotatable bonds is 6. The van der Waals surface area contributed by atoms with Gasteiger partial charge in [0.15, 0.2) is 6.29 Å². The number of carboxylic acids is 1. The molecule has 6 unspecified atom stereocenters. The Morgan fingerprint density at radius 2 is 1.90 bits per heavy atom. The number of hydrogen-bond acceptors (Lipinski definition) is 7. The van der Waals surface area contributed by atoms with E-state index in [1.807, 2.05) is 6.92 Å². The van der Waals surface area contributed by atoms with Crippen LogP contribution in [0.15, 0.2) is 0 Å². The maximum absolute atomic E-state index is 10.8. The molecule has 1 aliphatic heterocycles. The Morgan fingerprint density at radius 3 is 2.40 bits per heavy atom. The van der Waals surface area contributed by atoms with E-state index in [2.05, 4.69) is 0 Å². The van der Waals surface area contributed by atoms with Gasteiger partial charge in [-0.05, 0) is 13.3 Å². The molecule has 20 heavy (non-hydrogen) atoms. The first-order valence-corrected chi connectivity index (χ1v) is 6.44. The average molecular weight is 300 g/mol. The molecule has 1 fully saturated rings. The summed E-state index contributed by atoms with van der Waals surface area (Å²) >= 11 is 0. The van der Waals surface area contributed by atoms with Gasteiger partial charge in [0, 0.05) is 0 Å². The van der Waals surface area contributed by atoms with E-state index in [4.69, 9.17) is 9.47 Å². The molecule has 0 bridgehead atoms. The number of ether oxygens (including phenoxy) is 2. The van der Waals surface area contributed by atoms with Gasteiger partial charge in [-0.3, -0.25) is 0 Å². The van der Waals surface area contributed by atoms with Crippen LogP contribution in [0.2, 0.25) is 0 Å². The molecule has 1 heterocycles. The Balaban J connectivity index is 0.00000361. The number of aliphatic hydroxyl groups is 3. The molecule has 1 saturated heterocycles. The van der Waals surface area contributed by atoms with Crippen LogP contribution in [0.5, 0.6) is 0 Å². The molecule has 112 valence electrons. The Labute approximate surface area is 140 Å². The van der Waals surface area contributed by atoms with E-state index < -0.39 is 36.7 Å². The molecular formula is C12H21NaO7. The van der Waals surface area contributed by atoms with Crippen LogP contribution in [-0.4, -0.2) is 58.1 Å². The fraction of sp³-hybridized carbons (Fsp3) is 0.917. The zero-order valence-electron chi connectivity index (χ0n) is 12.1. The predicted octanol–water partition coefficient (Wildman–Crippen LogP) is -4.86. The van der Waals surface area contributed by atoms with E-state index in [1.165, 1.54) is 0 Å². The number of unbranched alkanes of at least 4 members (excludes halogenated alkanes) is 1. The number of carbonyl (C=O) groups is 1. The smallest absolute Gasteiger partial charge is 0.547 e. The Bertz CT molecular complexity index is 302. The molecule has 0 radical (unpaired) electrons. The first-order chi connectivity index (χ1) is 8.88. The largest absolute Gasteiger partial charge is 1.00 e. The number of aliphatic hydroxyl groups excluding tert-OH is 3. The minimum atomic E-state index is -1.74. The second kappa shape index (κ2) is 9.32. The van der Waals surface area contributed by atoms with E-state index in [0.29, 0.717) is 0 Å². The minimum absolute atomic E-state index is 0. The summed E-state index contributed by atoms with van der Waals surface area (Å²) in [5, 5.41) is 39.5. The number of carbonyl (C=O) groups excluding carboxylic acids is 1. The SMILES string of the molecule is CCCCC(C)OC1OC(C(=O)[O-])C(O)C(O)C1O.[Na+]. The van der Waals surface area contributed by atoms with Crippen molar-refractivity contribution in [3.8, 4) is 0 Å². The summed E-state index contributed by atoms with van der Waals surface area (Å²) in [6.07, 6.45) is -5.57. The molecule has 0 aromatic carbocycles. The van der Waals surface area contributed by atoms with E-state index in [9.17, 15) is 25.2 Å². The van der Waals surface area contributed by atoms with E-state index in [0.717, 1.165) is 19.3 Å². The van der Waals surface area contributed by atoms with E-state index in [-0.39, 0.29) is 35.7 Å². The van der Waals surface area contributed by atoms with Crippen LogP contribution >= 0.6 is 0 Å². The van der Waals surface area contributed by atoms with Crippen LogP contribution in [0.4, 0.5) is 0 Å². The summed E-state index contributed by atoms with van der Waals surface area (Å²) in [6.45, 7) is 3.78. The van der Waals surface area contributed by atoms with Crippen LogP contribution < -0.4 is 34.7 Å². The molecule has 0 spiro atoms. The van der Waals surface area contributed by atoms with Crippen molar-refractivity contribution in [1.82, 2.24) is 0 Å². The van der Waals surface area contributed by atoms with Crippen LogP contribution in [0, 0.1) is 0 Å². The molecule has 0 aliphatic carbocycles. The van der Waals surface area contributed by atoms with Gasteiger partial charge in [-0.15, -0.1) is 0 Å². The number of carboxylic acid groups (broad SMARTS) is 1. The standard InChI is InChI=1S/C12H22O7.Na/c1-3-4-5-6(2)18-12-9(15)7(13)8(14)10(19-12)11(16)17;/h6-10,12-15H,3-5H2,1-2H3,(H,16,17);/q;+1/p-1. The van der Waals surface area contributed by atoms with Crippen LogP contribution in [0.25, 0.3) is 0 Å². The Hall–Kier alpha value is 0.270. The molecule has 0 saturated carbocycles.